The zero-order valence-electron chi connectivity index (χ0n) is 7.68. The summed E-state index contributed by atoms with van der Waals surface area (Å²) < 4.78 is 0. The van der Waals surface area contributed by atoms with Crippen molar-refractivity contribution >= 4 is 43.8 Å². The molecule has 1 N–H and O–H groups in total. The fourth-order valence-electron chi connectivity index (χ4n) is 1.39. The molecule has 2 aromatic carbocycles. The third kappa shape index (κ3) is 2.09. The van der Waals surface area contributed by atoms with E-state index < -0.39 is 4.92 Å². The Bertz CT molecular complexity index is 513. The van der Waals surface area contributed by atoms with E-state index in [4.69, 9.17) is 0 Å². The van der Waals surface area contributed by atoms with E-state index in [1.807, 2.05) is 6.07 Å². The average molecular weight is 396 g/mol. The predicted octanol–water partition coefficient (Wildman–Crippen LogP) is 2.07. The number of rotatable bonds is 1. The fourth-order valence-corrected chi connectivity index (χ4v) is 1.39. The van der Waals surface area contributed by atoms with Gasteiger partial charge in [0.2, 0.25) is 5.75 Å². The SMILES string of the molecule is O=[N+]([O-])c1ccc2ccccc2c1O.[Pb]. The van der Waals surface area contributed by atoms with Gasteiger partial charge >= 0.3 is 5.69 Å². The van der Waals surface area contributed by atoms with E-state index in [0.29, 0.717) is 5.39 Å². The molecule has 5 heteroatoms. The summed E-state index contributed by atoms with van der Waals surface area (Å²) in [4.78, 5) is 9.92. The molecule has 0 atom stereocenters. The van der Waals surface area contributed by atoms with Crippen LogP contribution in [-0.2, 0) is 0 Å². The van der Waals surface area contributed by atoms with Crippen LogP contribution >= 0.6 is 0 Å². The normalized spacial score (nSPS) is 9.60. The largest absolute Gasteiger partial charge is 0.502 e. The number of aromatic hydroxyl groups is 1. The smallest absolute Gasteiger partial charge is 0.311 e. The van der Waals surface area contributed by atoms with Crippen molar-refractivity contribution in [3.8, 4) is 5.75 Å². The molecule has 4 radical (unpaired) electrons. The Kier molecular flexibility index (Phi) is 3.62. The number of nitro groups is 1. The second-order valence-corrected chi connectivity index (χ2v) is 2.91. The van der Waals surface area contributed by atoms with E-state index >= 15 is 0 Å². The molecule has 0 spiro atoms. The van der Waals surface area contributed by atoms with Gasteiger partial charge in [0.15, 0.2) is 0 Å². The van der Waals surface area contributed by atoms with E-state index in [0.717, 1.165) is 5.39 Å². The van der Waals surface area contributed by atoms with Crippen LogP contribution in [0.25, 0.3) is 10.8 Å². The third-order valence-corrected chi connectivity index (χ3v) is 2.08. The molecule has 0 aliphatic heterocycles. The minimum Gasteiger partial charge on any atom is -0.502 e. The van der Waals surface area contributed by atoms with E-state index in [1.54, 1.807) is 24.3 Å². The van der Waals surface area contributed by atoms with Crippen molar-refractivity contribution in [2.45, 2.75) is 0 Å². The maximum Gasteiger partial charge on any atom is 0.311 e. The van der Waals surface area contributed by atoms with Crippen molar-refractivity contribution in [1.29, 1.82) is 0 Å². The molecule has 0 amide bonds. The average Bonchev–Trinajstić information content (AvgIpc) is 2.18. The van der Waals surface area contributed by atoms with Crippen molar-refractivity contribution in [3.05, 3.63) is 46.5 Å². The van der Waals surface area contributed by atoms with Gasteiger partial charge in [0.25, 0.3) is 0 Å². The first-order valence-corrected chi connectivity index (χ1v) is 4.05. The summed E-state index contributed by atoms with van der Waals surface area (Å²) in [6.45, 7) is 0. The van der Waals surface area contributed by atoms with Gasteiger partial charge in [0.05, 0.1) is 4.92 Å². The summed E-state index contributed by atoms with van der Waals surface area (Å²) in [7, 11) is 0. The Balaban J connectivity index is 0.00000112. The van der Waals surface area contributed by atoms with Crippen LogP contribution in [0.5, 0.6) is 5.75 Å². The summed E-state index contributed by atoms with van der Waals surface area (Å²) in [5, 5.41) is 21.4. The first kappa shape index (κ1) is 11.9. The number of hydrogen-bond acceptors (Lipinski definition) is 3. The minimum atomic E-state index is -0.595. The number of hydrogen-bond donors (Lipinski definition) is 1. The van der Waals surface area contributed by atoms with Gasteiger partial charge < -0.3 is 5.11 Å². The molecule has 0 unspecified atom stereocenters. The topological polar surface area (TPSA) is 63.4 Å². The van der Waals surface area contributed by atoms with Crippen LogP contribution in [0, 0.1) is 10.1 Å². The molecule has 4 nitrogen and oxygen atoms in total. The number of nitrogens with zero attached hydrogens (tertiary/aromatic N) is 1. The molecule has 2 aromatic rings. The standard InChI is InChI=1S/C10H7NO3.Pb/c12-10-8-4-2-1-3-7(8)5-6-9(10)11(13)14;/h1-6,12H;. The summed E-state index contributed by atoms with van der Waals surface area (Å²) in [6.07, 6.45) is 0. The zero-order valence-corrected chi connectivity index (χ0v) is 11.6. The molecule has 0 bridgehead atoms. The van der Waals surface area contributed by atoms with Crippen molar-refractivity contribution in [3.63, 3.8) is 0 Å². The Morgan fingerprint density at radius 2 is 1.80 bits per heavy atom. The van der Waals surface area contributed by atoms with Gasteiger partial charge in [-0.2, -0.15) is 0 Å². The molecular weight excluding hydrogens is 389 g/mol. The van der Waals surface area contributed by atoms with E-state index in [9.17, 15) is 15.2 Å². The number of phenolic OH excluding ortho intramolecular Hbond substituents is 1. The zero-order chi connectivity index (χ0) is 10.1. The quantitative estimate of drug-likeness (QED) is 0.456. The number of benzene rings is 2. The fraction of sp³-hybridized carbons (Fsp3) is 0. The second kappa shape index (κ2) is 4.56. The molecule has 0 saturated heterocycles. The molecule has 2 rings (SSSR count). The maximum atomic E-state index is 10.5. The number of phenols is 1. The Morgan fingerprint density at radius 1 is 1.13 bits per heavy atom. The summed E-state index contributed by atoms with van der Waals surface area (Å²) in [6, 6.07) is 9.90. The van der Waals surface area contributed by atoms with Gasteiger partial charge in [-0.15, -0.1) is 0 Å². The molecule has 0 fully saturated rings. The Morgan fingerprint density at radius 3 is 2.47 bits per heavy atom. The predicted molar refractivity (Wildman–Crippen MR) is 58.0 cm³/mol. The summed E-state index contributed by atoms with van der Waals surface area (Å²) >= 11 is 0. The van der Waals surface area contributed by atoms with Gasteiger partial charge in [-0.25, -0.2) is 0 Å². The van der Waals surface area contributed by atoms with Gasteiger partial charge in [-0.3, -0.25) is 10.1 Å². The monoisotopic (exact) mass is 397 g/mol. The van der Waals surface area contributed by atoms with Gasteiger partial charge in [0, 0.05) is 38.8 Å². The Labute approximate surface area is 106 Å². The second-order valence-electron chi connectivity index (χ2n) is 2.91. The van der Waals surface area contributed by atoms with Crippen LogP contribution in [0.2, 0.25) is 0 Å². The van der Waals surface area contributed by atoms with Crippen molar-refractivity contribution in [1.82, 2.24) is 0 Å². The van der Waals surface area contributed by atoms with Crippen LogP contribution in [0.1, 0.15) is 0 Å². The number of fused-ring (bicyclic) bond motifs is 1. The Hall–Kier alpha value is -1.18. The first-order chi connectivity index (χ1) is 6.70. The van der Waals surface area contributed by atoms with Gasteiger partial charge in [0.1, 0.15) is 0 Å². The molecule has 0 aliphatic rings. The minimum absolute atomic E-state index is 0. The van der Waals surface area contributed by atoms with E-state index in [-0.39, 0.29) is 38.7 Å². The van der Waals surface area contributed by atoms with Gasteiger partial charge in [-0.05, 0) is 11.5 Å². The molecule has 0 saturated carbocycles. The van der Waals surface area contributed by atoms with Crippen LogP contribution in [-0.4, -0.2) is 37.3 Å². The van der Waals surface area contributed by atoms with E-state index in [2.05, 4.69) is 0 Å². The van der Waals surface area contributed by atoms with Crippen molar-refractivity contribution < 1.29 is 10.0 Å². The van der Waals surface area contributed by atoms with Gasteiger partial charge in [-0.1, -0.05) is 24.3 Å². The van der Waals surface area contributed by atoms with Crippen LogP contribution in [0.3, 0.4) is 0 Å². The van der Waals surface area contributed by atoms with Crippen molar-refractivity contribution in [2.75, 3.05) is 0 Å². The van der Waals surface area contributed by atoms with Crippen LogP contribution in [0.15, 0.2) is 36.4 Å². The first-order valence-electron chi connectivity index (χ1n) is 4.05. The summed E-state index contributed by atoms with van der Waals surface area (Å²) in [5.41, 5.74) is -0.260. The molecule has 0 heterocycles. The maximum absolute atomic E-state index is 10.5. The number of nitro benzene ring substituents is 1. The molecule has 0 aliphatic carbocycles. The van der Waals surface area contributed by atoms with E-state index in [1.165, 1.54) is 6.07 Å². The van der Waals surface area contributed by atoms with Crippen LogP contribution in [0.4, 0.5) is 5.69 Å². The molecule has 0 aromatic heterocycles. The molecular formula is C10H7NO3Pb. The summed E-state index contributed by atoms with van der Waals surface area (Å²) in [5.74, 6) is -0.270. The van der Waals surface area contributed by atoms with Crippen molar-refractivity contribution in [2.24, 2.45) is 0 Å². The molecule has 15 heavy (non-hydrogen) atoms. The molecule has 74 valence electrons. The third-order valence-electron chi connectivity index (χ3n) is 2.08. The van der Waals surface area contributed by atoms with Crippen LogP contribution < -0.4 is 0 Å².